The zero-order valence-corrected chi connectivity index (χ0v) is 16.0. The van der Waals surface area contributed by atoms with Gasteiger partial charge in [0, 0.05) is 45.0 Å². The number of morpholine rings is 1. The standard InChI is InChI=1S/C19H28N6O2/c1-2-24-16(5-6-20-24)14-22-7-3-4-17(15-22)25-19(26)12-18(13-21-25)23-8-10-27-11-9-23/h5-6,12-13,17H,2-4,7-11,14-15H2,1H3/t17-/m1/s1. The van der Waals surface area contributed by atoms with Gasteiger partial charge in [-0.2, -0.15) is 10.2 Å². The second-order valence-electron chi connectivity index (χ2n) is 7.27. The molecule has 4 heterocycles. The van der Waals surface area contributed by atoms with E-state index in [-0.39, 0.29) is 11.6 Å². The highest BCUT2D eigenvalue weighted by Gasteiger charge is 2.24. The molecular weight excluding hydrogens is 344 g/mol. The number of hydrogen-bond acceptors (Lipinski definition) is 6. The van der Waals surface area contributed by atoms with Gasteiger partial charge in [-0.15, -0.1) is 0 Å². The van der Waals surface area contributed by atoms with E-state index in [1.165, 1.54) is 5.69 Å². The molecule has 2 aliphatic heterocycles. The molecule has 2 aromatic rings. The average molecular weight is 372 g/mol. The monoisotopic (exact) mass is 372 g/mol. The van der Waals surface area contributed by atoms with E-state index in [4.69, 9.17) is 4.74 Å². The first-order valence-corrected chi connectivity index (χ1v) is 9.89. The smallest absolute Gasteiger partial charge is 0.269 e. The van der Waals surface area contributed by atoms with E-state index in [0.29, 0.717) is 13.2 Å². The van der Waals surface area contributed by atoms with Crippen LogP contribution in [0.2, 0.25) is 0 Å². The topological polar surface area (TPSA) is 68.4 Å². The average Bonchev–Trinajstić information content (AvgIpc) is 3.16. The highest BCUT2D eigenvalue weighted by atomic mass is 16.5. The number of ether oxygens (including phenoxy) is 1. The summed E-state index contributed by atoms with van der Waals surface area (Å²) in [6.07, 6.45) is 5.76. The van der Waals surface area contributed by atoms with Crippen LogP contribution in [0.15, 0.2) is 29.3 Å². The van der Waals surface area contributed by atoms with Crippen molar-refractivity contribution in [2.45, 2.75) is 38.9 Å². The van der Waals surface area contributed by atoms with Crippen LogP contribution in [-0.4, -0.2) is 63.9 Å². The van der Waals surface area contributed by atoms with Crippen LogP contribution in [0.1, 0.15) is 31.5 Å². The van der Waals surface area contributed by atoms with Crippen LogP contribution in [0.3, 0.4) is 0 Å². The lowest BCUT2D eigenvalue weighted by Gasteiger charge is -2.33. The first-order chi connectivity index (χ1) is 13.2. The minimum absolute atomic E-state index is 0.00978. The van der Waals surface area contributed by atoms with Crippen molar-refractivity contribution < 1.29 is 4.74 Å². The molecule has 2 saturated heterocycles. The fraction of sp³-hybridized carbons (Fsp3) is 0.632. The molecule has 8 nitrogen and oxygen atoms in total. The molecule has 146 valence electrons. The number of nitrogens with zero attached hydrogens (tertiary/aromatic N) is 6. The molecule has 8 heteroatoms. The van der Waals surface area contributed by atoms with E-state index < -0.39 is 0 Å². The Labute approximate surface area is 159 Å². The number of rotatable bonds is 5. The van der Waals surface area contributed by atoms with Crippen LogP contribution < -0.4 is 10.5 Å². The van der Waals surface area contributed by atoms with Crippen molar-refractivity contribution in [2.75, 3.05) is 44.3 Å². The molecule has 2 aromatic heterocycles. The Hall–Kier alpha value is -2.19. The highest BCUT2D eigenvalue weighted by molar-refractivity contribution is 5.43. The van der Waals surface area contributed by atoms with Crippen molar-refractivity contribution >= 4 is 5.69 Å². The summed E-state index contributed by atoms with van der Waals surface area (Å²) in [6.45, 7) is 8.78. The van der Waals surface area contributed by atoms with Gasteiger partial charge in [0.25, 0.3) is 5.56 Å². The van der Waals surface area contributed by atoms with Crippen LogP contribution in [0.4, 0.5) is 5.69 Å². The molecule has 4 rings (SSSR count). The van der Waals surface area contributed by atoms with Gasteiger partial charge in [0.2, 0.25) is 0 Å². The van der Waals surface area contributed by atoms with Crippen molar-refractivity contribution in [1.29, 1.82) is 0 Å². The van der Waals surface area contributed by atoms with Gasteiger partial charge in [0.15, 0.2) is 0 Å². The molecule has 0 amide bonds. The Morgan fingerprint density at radius 3 is 2.85 bits per heavy atom. The van der Waals surface area contributed by atoms with Gasteiger partial charge in [-0.25, -0.2) is 4.68 Å². The highest BCUT2D eigenvalue weighted by Crippen LogP contribution is 2.22. The van der Waals surface area contributed by atoms with Gasteiger partial charge < -0.3 is 9.64 Å². The molecule has 0 bridgehead atoms. The third kappa shape index (κ3) is 4.06. The molecule has 0 aliphatic carbocycles. The summed E-state index contributed by atoms with van der Waals surface area (Å²) in [5.74, 6) is 0. The summed E-state index contributed by atoms with van der Waals surface area (Å²) >= 11 is 0. The number of anilines is 1. The van der Waals surface area contributed by atoms with Gasteiger partial charge in [0.1, 0.15) is 0 Å². The molecule has 0 unspecified atom stereocenters. The number of aromatic nitrogens is 4. The number of piperidine rings is 1. The second-order valence-corrected chi connectivity index (χ2v) is 7.27. The van der Waals surface area contributed by atoms with E-state index >= 15 is 0 Å². The van der Waals surface area contributed by atoms with Gasteiger partial charge in [0.05, 0.1) is 36.8 Å². The lowest BCUT2D eigenvalue weighted by Crippen LogP contribution is -2.41. The SMILES string of the molecule is CCn1nccc1CN1CCC[C@@H](n2ncc(N3CCOCC3)cc2=O)C1. The van der Waals surface area contributed by atoms with Crippen molar-refractivity contribution in [3.05, 3.63) is 40.6 Å². The van der Waals surface area contributed by atoms with Crippen LogP contribution in [0.25, 0.3) is 0 Å². The molecule has 1 atom stereocenters. The van der Waals surface area contributed by atoms with Crippen molar-refractivity contribution in [2.24, 2.45) is 0 Å². The zero-order chi connectivity index (χ0) is 18.6. The van der Waals surface area contributed by atoms with Gasteiger partial charge in [-0.1, -0.05) is 0 Å². The minimum atomic E-state index is -0.00978. The van der Waals surface area contributed by atoms with Gasteiger partial charge in [-0.3, -0.25) is 14.4 Å². The summed E-state index contributed by atoms with van der Waals surface area (Å²) in [7, 11) is 0. The summed E-state index contributed by atoms with van der Waals surface area (Å²) in [6, 6.07) is 3.93. The van der Waals surface area contributed by atoms with Crippen LogP contribution in [0.5, 0.6) is 0 Å². The van der Waals surface area contributed by atoms with Crippen molar-refractivity contribution in [1.82, 2.24) is 24.5 Å². The largest absolute Gasteiger partial charge is 0.378 e. The normalized spacial score (nSPS) is 21.5. The van der Waals surface area contributed by atoms with Gasteiger partial charge in [-0.05, 0) is 32.4 Å². The number of hydrogen-bond donors (Lipinski definition) is 0. The first-order valence-electron chi connectivity index (χ1n) is 9.89. The summed E-state index contributed by atoms with van der Waals surface area (Å²) in [4.78, 5) is 17.3. The maximum Gasteiger partial charge on any atom is 0.269 e. The first kappa shape index (κ1) is 18.2. The fourth-order valence-electron chi connectivity index (χ4n) is 4.06. The quantitative estimate of drug-likeness (QED) is 0.784. The van der Waals surface area contributed by atoms with Gasteiger partial charge >= 0.3 is 0 Å². The minimum Gasteiger partial charge on any atom is -0.378 e. The fourth-order valence-corrected chi connectivity index (χ4v) is 4.06. The lowest BCUT2D eigenvalue weighted by atomic mass is 10.1. The molecule has 2 aliphatic rings. The van der Waals surface area contributed by atoms with E-state index in [9.17, 15) is 4.79 Å². The molecule has 2 fully saturated rings. The Kier molecular flexibility index (Phi) is 5.54. The Balaban J connectivity index is 1.45. The van der Waals surface area contributed by atoms with Crippen LogP contribution in [0, 0.1) is 0 Å². The number of likely N-dealkylation sites (tertiary alicyclic amines) is 1. The molecule has 0 aromatic carbocycles. The molecule has 0 N–H and O–H groups in total. The molecule has 0 spiro atoms. The Morgan fingerprint density at radius 1 is 1.22 bits per heavy atom. The predicted molar refractivity (Wildman–Crippen MR) is 103 cm³/mol. The van der Waals surface area contributed by atoms with Crippen molar-refractivity contribution in [3.63, 3.8) is 0 Å². The van der Waals surface area contributed by atoms with E-state index in [1.54, 1.807) is 10.7 Å². The predicted octanol–water partition coefficient (Wildman–Crippen LogP) is 1.13. The third-order valence-corrected chi connectivity index (χ3v) is 5.50. The maximum absolute atomic E-state index is 12.7. The molecule has 0 saturated carbocycles. The Morgan fingerprint density at radius 2 is 2.07 bits per heavy atom. The molecule has 0 radical (unpaired) electrons. The van der Waals surface area contributed by atoms with Crippen molar-refractivity contribution in [3.8, 4) is 0 Å². The Bertz CT molecular complexity index is 811. The molecule has 27 heavy (non-hydrogen) atoms. The maximum atomic E-state index is 12.7. The van der Waals surface area contributed by atoms with Crippen LogP contribution in [-0.2, 0) is 17.8 Å². The third-order valence-electron chi connectivity index (χ3n) is 5.50. The van der Waals surface area contributed by atoms with E-state index in [2.05, 4.69) is 33.0 Å². The lowest BCUT2D eigenvalue weighted by molar-refractivity contribution is 0.122. The molecular formula is C19H28N6O2. The number of aryl methyl sites for hydroxylation is 1. The van der Waals surface area contributed by atoms with E-state index in [0.717, 1.165) is 57.8 Å². The van der Waals surface area contributed by atoms with E-state index in [1.807, 2.05) is 17.1 Å². The summed E-state index contributed by atoms with van der Waals surface area (Å²) < 4.78 is 9.09. The summed E-state index contributed by atoms with van der Waals surface area (Å²) in [5.41, 5.74) is 2.12. The summed E-state index contributed by atoms with van der Waals surface area (Å²) in [5, 5.41) is 8.87. The van der Waals surface area contributed by atoms with Crippen LogP contribution >= 0.6 is 0 Å². The zero-order valence-electron chi connectivity index (χ0n) is 16.0. The second kappa shape index (κ2) is 8.22.